The van der Waals surface area contributed by atoms with Gasteiger partial charge < -0.3 is 11.1 Å². The smallest absolute Gasteiger partial charge is 0.227 e. The van der Waals surface area contributed by atoms with Gasteiger partial charge in [-0.1, -0.05) is 38.7 Å². The van der Waals surface area contributed by atoms with Crippen LogP contribution in [0.5, 0.6) is 0 Å². The molecule has 1 atom stereocenters. The molecule has 0 radical (unpaired) electrons. The zero-order valence-electron chi connectivity index (χ0n) is 12.1. The molecule has 0 bridgehead atoms. The number of amides is 1. The van der Waals surface area contributed by atoms with Crippen molar-refractivity contribution in [1.82, 2.24) is 0 Å². The van der Waals surface area contributed by atoms with Crippen molar-refractivity contribution in [2.75, 3.05) is 11.9 Å². The van der Waals surface area contributed by atoms with Gasteiger partial charge in [0.25, 0.3) is 0 Å². The monoisotopic (exact) mass is 258 g/mol. The van der Waals surface area contributed by atoms with E-state index in [1.807, 2.05) is 45.9 Å². The first kappa shape index (κ1) is 15.3. The number of aryl methyl sites for hydroxylation is 1. The van der Waals surface area contributed by atoms with Gasteiger partial charge in [0.15, 0.2) is 0 Å². The van der Waals surface area contributed by atoms with Crippen LogP contribution in [-0.2, 0) is 4.79 Å². The molecule has 3 heteroatoms. The van der Waals surface area contributed by atoms with Crippen LogP contribution < -0.4 is 11.1 Å². The van der Waals surface area contributed by atoms with Gasteiger partial charge in [-0.05, 0) is 30.5 Å². The van der Waals surface area contributed by atoms with Crippen LogP contribution in [0.3, 0.4) is 0 Å². The first-order chi connectivity index (χ1) is 8.95. The predicted molar refractivity (Wildman–Crippen MR) is 79.7 cm³/mol. The van der Waals surface area contributed by atoms with Crippen LogP contribution in [0.15, 0.2) is 18.2 Å². The summed E-state index contributed by atoms with van der Waals surface area (Å²) in [6.07, 6.45) is 0. The van der Waals surface area contributed by atoms with Gasteiger partial charge in [0, 0.05) is 17.2 Å². The number of nitrogens with one attached hydrogen (secondary N) is 1. The van der Waals surface area contributed by atoms with Gasteiger partial charge in [-0.2, -0.15) is 0 Å². The summed E-state index contributed by atoms with van der Waals surface area (Å²) in [6.45, 7) is 8.32. The number of hydrogen-bond acceptors (Lipinski definition) is 2. The highest BCUT2D eigenvalue weighted by Gasteiger charge is 2.17. The summed E-state index contributed by atoms with van der Waals surface area (Å²) in [7, 11) is 0. The highest BCUT2D eigenvalue weighted by atomic mass is 16.1. The second-order valence-corrected chi connectivity index (χ2v) is 5.06. The molecule has 3 nitrogen and oxygen atoms in total. The highest BCUT2D eigenvalue weighted by Crippen LogP contribution is 2.19. The topological polar surface area (TPSA) is 55.1 Å². The van der Waals surface area contributed by atoms with E-state index in [0.29, 0.717) is 12.5 Å². The molecule has 0 saturated carbocycles. The number of nitrogens with two attached hydrogens (primary N) is 1. The average Bonchev–Trinajstić information content (AvgIpc) is 2.38. The minimum absolute atomic E-state index is 0.0156. The molecule has 0 saturated heterocycles. The van der Waals surface area contributed by atoms with Gasteiger partial charge in [0.05, 0.1) is 6.54 Å². The lowest BCUT2D eigenvalue weighted by atomic mass is 9.97. The summed E-state index contributed by atoms with van der Waals surface area (Å²) in [5.41, 5.74) is 8.07. The Bertz CT molecular complexity index is 509. The van der Waals surface area contributed by atoms with E-state index >= 15 is 0 Å². The first-order valence-corrected chi connectivity index (χ1v) is 6.56. The van der Waals surface area contributed by atoms with Crippen molar-refractivity contribution in [2.24, 2.45) is 17.6 Å². The van der Waals surface area contributed by atoms with Crippen LogP contribution >= 0.6 is 0 Å². The predicted octanol–water partition coefficient (Wildman–Crippen LogP) is 2.54. The molecule has 0 heterocycles. The molecule has 3 N–H and O–H groups in total. The Morgan fingerprint density at radius 2 is 2.05 bits per heavy atom. The van der Waals surface area contributed by atoms with E-state index in [2.05, 4.69) is 17.2 Å². The molecule has 1 aromatic carbocycles. The zero-order chi connectivity index (χ0) is 14.4. The lowest BCUT2D eigenvalue weighted by Gasteiger charge is -2.16. The lowest BCUT2D eigenvalue weighted by molar-refractivity contribution is -0.120. The Morgan fingerprint density at radius 1 is 1.37 bits per heavy atom. The molecule has 19 heavy (non-hydrogen) atoms. The average molecular weight is 258 g/mol. The second-order valence-electron chi connectivity index (χ2n) is 5.06. The fourth-order valence-electron chi connectivity index (χ4n) is 1.54. The second kappa shape index (κ2) is 6.96. The fraction of sp³-hybridized carbons (Fsp3) is 0.438. The van der Waals surface area contributed by atoms with Crippen molar-refractivity contribution >= 4 is 11.6 Å². The van der Waals surface area contributed by atoms with Crippen molar-refractivity contribution in [3.05, 3.63) is 29.3 Å². The van der Waals surface area contributed by atoms with Gasteiger partial charge >= 0.3 is 0 Å². The summed E-state index contributed by atoms with van der Waals surface area (Å²) in [5.74, 6) is 6.13. The van der Waals surface area contributed by atoms with Crippen molar-refractivity contribution in [3.8, 4) is 11.8 Å². The molecular weight excluding hydrogens is 236 g/mol. The summed E-state index contributed by atoms with van der Waals surface area (Å²) in [4.78, 5) is 12.1. The van der Waals surface area contributed by atoms with Crippen LogP contribution in [-0.4, -0.2) is 12.5 Å². The van der Waals surface area contributed by atoms with Gasteiger partial charge in [0.1, 0.15) is 0 Å². The number of rotatable bonds is 3. The van der Waals surface area contributed by atoms with E-state index in [-0.39, 0.29) is 11.8 Å². The summed E-state index contributed by atoms with van der Waals surface area (Å²) >= 11 is 0. The maximum Gasteiger partial charge on any atom is 0.227 e. The van der Waals surface area contributed by atoms with Gasteiger partial charge in [-0.25, -0.2) is 0 Å². The minimum atomic E-state index is -0.0156. The summed E-state index contributed by atoms with van der Waals surface area (Å²) in [6, 6.07) is 5.78. The van der Waals surface area contributed by atoms with Crippen LogP contribution in [0.25, 0.3) is 0 Å². The van der Waals surface area contributed by atoms with Crippen molar-refractivity contribution < 1.29 is 4.79 Å². The van der Waals surface area contributed by atoms with Gasteiger partial charge in [0.2, 0.25) is 5.91 Å². The van der Waals surface area contributed by atoms with Crippen molar-refractivity contribution in [1.29, 1.82) is 0 Å². The Labute approximate surface area is 115 Å². The van der Waals surface area contributed by atoms with E-state index in [9.17, 15) is 4.79 Å². The van der Waals surface area contributed by atoms with E-state index in [1.165, 1.54) is 0 Å². The maximum atomic E-state index is 12.1. The van der Waals surface area contributed by atoms with E-state index in [0.717, 1.165) is 16.8 Å². The normalized spacial score (nSPS) is 11.7. The molecule has 102 valence electrons. The third kappa shape index (κ3) is 4.42. The molecule has 1 amide bonds. The van der Waals surface area contributed by atoms with Crippen LogP contribution in [0.1, 0.15) is 31.9 Å². The van der Waals surface area contributed by atoms with Crippen molar-refractivity contribution in [2.45, 2.75) is 27.7 Å². The van der Waals surface area contributed by atoms with Crippen LogP contribution in [0, 0.1) is 30.6 Å². The number of anilines is 1. The molecule has 0 aliphatic carbocycles. The molecule has 0 aliphatic heterocycles. The molecule has 1 aromatic rings. The standard InChI is InChI=1S/C16H22N2O/c1-11(2)13(4)16(19)18-15-10-14(6-5-9-17)8-7-12(15)3/h7-8,10-11,13H,9,17H2,1-4H3,(H,18,19). The quantitative estimate of drug-likeness (QED) is 0.819. The molecular formula is C16H22N2O. The number of carbonyl (C=O) groups is 1. The Morgan fingerprint density at radius 3 is 2.63 bits per heavy atom. The molecule has 1 rings (SSSR count). The largest absolute Gasteiger partial charge is 0.326 e. The molecule has 0 aliphatic rings. The highest BCUT2D eigenvalue weighted by molar-refractivity contribution is 5.93. The molecule has 0 fully saturated rings. The Hall–Kier alpha value is -1.79. The van der Waals surface area contributed by atoms with E-state index < -0.39 is 0 Å². The number of hydrogen-bond donors (Lipinski definition) is 2. The van der Waals surface area contributed by atoms with Gasteiger partial charge in [-0.3, -0.25) is 4.79 Å². The van der Waals surface area contributed by atoms with Crippen molar-refractivity contribution in [3.63, 3.8) is 0 Å². The minimum Gasteiger partial charge on any atom is -0.326 e. The Balaban J connectivity index is 2.91. The third-order valence-corrected chi connectivity index (χ3v) is 3.24. The Kier molecular flexibility index (Phi) is 5.59. The third-order valence-electron chi connectivity index (χ3n) is 3.24. The molecule has 0 spiro atoms. The lowest BCUT2D eigenvalue weighted by Crippen LogP contribution is -2.24. The first-order valence-electron chi connectivity index (χ1n) is 6.56. The maximum absolute atomic E-state index is 12.1. The summed E-state index contributed by atoms with van der Waals surface area (Å²) < 4.78 is 0. The van der Waals surface area contributed by atoms with E-state index in [4.69, 9.17) is 5.73 Å². The fourth-order valence-corrected chi connectivity index (χ4v) is 1.54. The van der Waals surface area contributed by atoms with Gasteiger partial charge in [-0.15, -0.1) is 0 Å². The number of benzene rings is 1. The van der Waals surface area contributed by atoms with Crippen LogP contribution in [0.4, 0.5) is 5.69 Å². The summed E-state index contributed by atoms with van der Waals surface area (Å²) in [5, 5.41) is 2.97. The number of carbonyl (C=O) groups excluding carboxylic acids is 1. The van der Waals surface area contributed by atoms with E-state index in [1.54, 1.807) is 0 Å². The zero-order valence-corrected chi connectivity index (χ0v) is 12.1. The molecule has 1 unspecified atom stereocenters. The SMILES string of the molecule is Cc1ccc(C#CCN)cc1NC(=O)C(C)C(C)C. The molecule has 0 aromatic heterocycles. The van der Waals surface area contributed by atoms with Crippen LogP contribution in [0.2, 0.25) is 0 Å².